The first-order valence-electron chi connectivity index (χ1n) is 7.17. The Morgan fingerprint density at radius 3 is 2.62 bits per heavy atom. The third kappa shape index (κ3) is 4.15. The molecular formula is C15H22FN3O2. The van der Waals surface area contributed by atoms with Crippen molar-refractivity contribution in [1.29, 1.82) is 0 Å². The third-order valence-corrected chi connectivity index (χ3v) is 3.55. The van der Waals surface area contributed by atoms with Crippen LogP contribution in [0.2, 0.25) is 0 Å². The number of amides is 1. The van der Waals surface area contributed by atoms with Crippen LogP contribution in [0.4, 0.5) is 15.8 Å². The largest absolute Gasteiger partial charge is 0.378 e. The molecule has 1 amide bonds. The number of nitrogens with one attached hydrogen (secondary N) is 1. The fraction of sp³-hybridized carbons (Fsp3) is 0.533. The molecular weight excluding hydrogens is 273 g/mol. The molecule has 0 bridgehead atoms. The molecule has 1 heterocycles. The van der Waals surface area contributed by atoms with Crippen molar-refractivity contribution in [2.45, 2.75) is 19.9 Å². The maximum atomic E-state index is 13.8. The first-order valence-corrected chi connectivity index (χ1v) is 7.17. The minimum atomic E-state index is -0.611. The summed E-state index contributed by atoms with van der Waals surface area (Å²) in [4.78, 5) is 14.0. The van der Waals surface area contributed by atoms with E-state index in [4.69, 9.17) is 10.5 Å². The van der Waals surface area contributed by atoms with Crippen LogP contribution in [0, 0.1) is 11.7 Å². The normalized spacial score (nSPS) is 16.9. The fourth-order valence-electron chi connectivity index (χ4n) is 2.18. The topological polar surface area (TPSA) is 67.6 Å². The van der Waals surface area contributed by atoms with Crippen LogP contribution >= 0.6 is 0 Å². The van der Waals surface area contributed by atoms with Gasteiger partial charge < -0.3 is 20.7 Å². The molecule has 0 spiro atoms. The number of morpholine rings is 1. The maximum absolute atomic E-state index is 13.8. The zero-order valence-electron chi connectivity index (χ0n) is 12.4. The van der Waals surface area contributed by atoms with Gasteiger partial charge in [0.15, 0.2) is 0 Å². The Hall–Kier alpha value is -1.66. The number of nitrogens with zero attached hydrogens (tertiary/aromatic N) is 1. The molecule has 2 rings (SSSR count). The Morgan fingerprint density at radius 2 is 2.00 bits per heavy atom. The number of hydrogen-bond donors (Lipinski definition) is 2. The van der Waals surface area contributed by atoms with Gasteiger partial charge in [-0.3, -0.25) is 4.79 Å². The highest BCUT2D eigenvalue weighted by Gasteiger charge is 2.18. The van der Waals surface area contributed by atoms with Crippen LogP contribution in [0.3, 0.4) is 0 Å². The van der Waals surface area contributed by atoms with E-state index in [1.165, 1.54) is 12.1 Å². The molecule has 116 valence electrons. The zero-order chi connectivity index (χ0) is 15.4. The van der Waals surface area contributed by atoms with Crippen molar-refractivity contribution in [2.75, 3.05) is 36.5 Å². The van der Waals surface area contributed by atoms with Crippen LogP contribution in [0.25, 0.3) is 0 Å². The molecule has 5 nitrogen and oxygen atoms in total. The summed E-state index contributed by atoms with van der Waals surface area (Å²) in [5, 5.41) is 2.68. The zero-order valence-corrected chi connectivity index (χ0v) is 12.4. The number of nitrogens with two attached hydrogens (primary N) is 1. The number of ether oxygens (including phenoxy) is 1. The molecule has 1 aliphatic rings. The van der Waals surface area contributed by atoms with Gasteiger partial charge in [-0.2, -0.15) is 0 Å². The molecule has 0 unspecified atom stereocenters. The summed E-state index contributed by atoms with van der Waals surface area (Å²) in [5.74, 6) is -0.659. The van der Waals surface area contributed by atoms with Gasteiger partial charge in [0, 0.05) is 24.5 Å². The van der Waals surface area contributed by atoms with E-state index in [2.05, 4.69) is 5.32 Å². The average molecular weight is 295 g/mol. The van der Waals surface area contributed by atoms with Crippen molar-refractivity contribution in [3.05, 3.63) is 24.0 Å². The van der Waals surface area contributed by atoms with Crippen molar-refractivity contribution in [2.24, 2.45) is 11.7 Å². The Kier molecular flexibility index (Phi) is 5.14. The lowest BCUT2D eigenvalue weighted by Gasteiger charge is -2.29. The minimum absolute atomic E-state index is 0.0253. The number of halogens is 1. The quantitative estimate of drug-likeness (QED) is 0.885. The van der Waals surface area contributed by atoms with Crippen molar-refractivity contribution in [3.63, 3.8) is 0 Å². The van der Waals surface area contributed by atoms with E-state index in [1.54, 1.807) is 6.07 Å². The number of rotatable bonds is 4. The Bertz CT molecular complexity index is 502. The molecule has 1 saturated heterocycles. The monoisotopic (exact) mass is 295 g/mol. The minimum Gasteiger partial charge on any atom is -0.378 e. The van der Waals surface area contributed by atoms with Gasteiger partial charge in [-0.25, -0.2) is 4.39 Å². The smallest absolute Gasteiger partial charge is 0.241 e. The van der Waals surface area contributed by atoms with Crippen LogP contribution in [-0.4, -0.2) is 38.3 Å². The predicted molar refractivity (Wildman–Crippen MR) is 80.9 cm³/mol. The van der Waals surface area contributed by atoms with Crippen molar-refractivity contribution >= 4 is 17.3 Å². The molecule has 21 heavy (non-hydrogen) atoms. The highest BCUT2D eigenvalue weighted by Crippen LogP contribution is 2.23. The summed E-state index contributed by atoms with van der Waals surface area (Å²) in [6.45, 7) is 6.40. The average Bonchev–Trinajstić information content (AvgIpc) is 2.46. The Morgan fingerprint density at radius 1 is 1.33 bits per heavy atom. The highest BCUT2D eigenvalue weighted by molar-refractivity contribution is 5.95. The number of benzene rings is 1. The third-order valence-electron chi connectivity index (χ3n) is 3.55. The van der Waals surface area contributed by atoms with E-state index in [9.17, 15) is 9.18 Å². The summed E-state index contributed by atoms with van der Waals surface area (Å²) < 4.78 is 19.0. The lowest BCUT2D eigenvalue weighted by molar-refractivity contribution is -0.118. The van der Waals surface area contributed by atoms with E-state index in [1.807, 2.05) is 18.7 Å². The predicted octanol–water partition coefficient (Wildman–Crippen LogP) is 1.58. The van der Waals surface area contributed by atoms with Gasteiger partial charge in [0.1, 0.15) is 5.82 Å². The Labute approximate surface area is 124 Å². The van der Waals surface area contributed by atoms with E-state index in [-0.39, 0.29) is 17.6 Å². The summed E-state index contributed by atoms with van der Waals surface area (Å²) in [6, 6.07) is 3.91. The highest BCUT2D eigenvalue weighted by atomic mass is 19.1. The maximum Gasteiger partial charge on any atom is 0.241 e. The van der Waals surface area contributed by atoms with Gasteiger partial charge in [0.25, 0.3) is 0 Å². The van der Waals surface area contributed by atoms with Gasteiger partial charge in [-0.1, -0.05) is 13.8 Å². The van der Waals surface area contributed by atoms with Crippen LogP contribution in [0.15, 0.2) is 18.2 Å². The van der Waals surface area contributed by atoms with Crippen molar-refractivity contribution in [1.82, 2.24) is 0 Å². The number of carbonyl (C=O) groups is 1. The fourth-order valence-corrected chi connectivity index (χ4v) is 2.18. The molecule has 1 fully saturated rings. The van der Waals surface area contributed by atoms with Crippen LogP contribution < -0.4 is 16.0 Å². The number of anilines is 2. The van der Waals surface area contributed by atoms with E-state index in [0.717, 1.165) is 5.69 Å². The van der Waals surface area contributed by atoms with Crippen LogP contribution in [-0.2, 0) is 9.53 Å². The summed E-state index contributed by atoms with van der Waals surface area (Å²) in [6.07, 6.45) is 0. The van der Waals surface area contributed by atoms with Crippen LogP contribution in [0.5, 0.6) is 0 Å². The Balaban J connectivity index is 2.13. The second-order valence-corrected chi connectivity index (χ2v) is 5.56. The molecule has 1 aliphatic heterocycles. The molecule has 6 heteroatoms. The van der Waals surface area contributed by atoms with Crippen LogP contribution in [0.1, 0.15) is 13.8 Å². The van der Waals surface area contributed by atoms with Gasteiger partial charge in [0.2, 0.25) is 5.91 Å². The van der Waals surface area contributed by atoms with Gasteiger partial charge in [-0.15, -0.1) is 0 Å². The number of hydrogen-bond acceptors (Lipinski definition) is 4. The van der Waals surface area contributed by atoms with E-state index < -0.39 is 6.04 Å². The molecule has 1 atom stereocenters. The summed E-state index contributed by atoms with van der Waals surface area (Å²) in [5.41, 5.74) is 6.96. The first kappa shape index (κ1) is 15.7. The molecule has 0 radical (unpaired) electrons. The molecule has 1 aromatic carbocycles. The summed E-state index contributed by atoms with van der Waals surface area (Å²) in [7, 11) is 0. The standard InChI is InChI=1S/C15H22FN3O2/c1-10(2)14(17)15(20)18-12-7-11(16)8-13(9-12)19-3-5-21-6-4-19/h7-10,14H,3-6,17H2,1-2H3,(H,18,20)/t14-/m0/s1. The lowest BCUT2D eigenvalue weighted by Crippen LogP contribution is -2.40. The molecule has 0 saturated carbocycles. The van der Waals surface area contributed by atoms with E-state index in [0.29, 0.717) is 32.0 Å². The van der Waals surface area contributed by atoms with Gasteiger partial charge in [-0.05, 0) is 24.1 Å². The molecule has 0 aromatic heterocycles. The SMILES string of the molecule is CC(C)[C@H](N)C(=O)Nc1cc(F)cc(N2CCOCC2)c1. The lowest BCUT2D eigenvalue weighted by atomic mass is 10.0. The van der Waals surface area contributed by atoms with Crippen molar-refractivity contribution < 1.29 is 13.9 Å². The second-order valence-electron chi connectivity index (χ2n) is 5.56. The summed E-state index contributed by atoms with van der Waals surface area (Å²) >= 11 is 0. The van der Waals surface area contributed by atoms with E-state index >= 15 is 0 Å². The molecule has 0 aliphatic carbocycles. The van der Waals surface area contributed by atoms with Gasteiger partial charge in [0.05, 0.1) is 19.3 Å². The molecule has 1 aromatic rings. The van der Waals surface area contributed by atoms with Gasteiger partial charge >= 0.3 is 0 Å². The second kappa shape index (κ2) is 6.87. The molecule has 3 N–H and O–H groups in total. The van der Waals surface area contributed by atoms with Crippen molar-refractivity contribution in [3.8, 4) is 0 Å². The number of carbonyl (C=O) groups excluding carboxylic acids is 1. The first-order chi connectivity index (χ1) is 9.97.